The fraction of sp³-hybridized carbons (Fsp3) is 0.538. The first-order chi connectivity index (χ1) is 7.92. The van der Waals surface area contributed by atoms with Gasteiger partial charge in [0, 0.05) is 4.90 Å². The molecule has 1 heterocycles. The van der Waals surface area contributed by atoms with Gasteiger partial charge in [-0.2, -0.15) is 0 Å². The van der Waals surface area contributed by atoms with Crippen molar-refractivity contribution in [1.82, 2.24) is 0 Å². The second-order valence-corrected chi connectivity index (χ2v) is 5.31. The van der Waals surface area contributed by atoms with Crippen molar-refractivity contribution in [1.29, 1.82) is 0 Å². The van der Waals surface area contributed by atoms with Crippen LogP contribution in [-0.4, -0.2) is 31.9 Å². The molecule has 1 aromatic carbocycles. The molecular weight excluding hydrogens is 216 g/mol. The lowest BCUT2D eigenvalue weighted by Crippen LogP contribution is -2.89. The maximum Gasteiger partial charge on any atom is 0.0934 e. The van der Waals surface area contributed by atoms with E-state index in [4.69, 9.17) is 0 Å². The number of benzene rings is 1. The predicted octanol–water partition coefficient (Wildman–Crippen LogP) is 1.57. The number of nitrogens with two attached hydrogens (primary N) is 1. The quantitative estimate of drug-likeness (QED) is 0.802. The molecule has 88 valence electrons. The third-order valence-electron chi connectivity index (χ3n) is 2.87. The number of rotatable bonds is 4. The number of piperazine rings is 1. The maximum absolute atomic E-state index is 2.53. The lowest BCUT2D eigenvalue weighted by Gasteiger charge is -2.29. The lowest BCUT2D eigenvalue weighted by atomic mass is 10.2. The van der Waals surface area contributed by atoms with Crippen molar-refractivity contribution < 1.29 is 5.32 Å². The van der Waals surface area contributed by atoms with E-state index >= 15 is 0 Å². The number of hydrogen-bond acceptors (Lipinski definition) is 2. The molecule has 0 aliphatic carbocycles. The third kappa shape index (κ3) is 2.92. The van der Waals surface area contributed by atoms with Crippen LogP contribution in [0.5, 0.6) is 0 Å². The van der Waals surface area contributed by atoms with E-state index in [1.165, 1.54) is 48.9 Å². The molecule has 1 aromatic rings. The monoisotopic (exact) mass is 237 g/mol. The highest BCUT2D eigenvalue weighted by Gasteiger charge is 2.15. The molecule has 2 rings (SSSR count). The maximum atomic E-state index is 2.53. The number of quaternary nitrogens is 1. The largest absolute Gasteiger partial charge is 0.359 e. The van der Waals surface area contributed by atoms with Crippen LogP contribution >= 0.6 is 11.8 Å². The fourth-order valence-electron chi connectivity index (χ4n) is 2.04. The minimum atomic E-state index is 1.18. The van der Waals surface area contributed by atoms with Crippen LogP contribution in [0.15, 0.2) is 29.2 Å². The van der Waals surface area contributed by atoms with Gasteiger partial charge in [-0.15, -0.1) is 11.8 Å². The van der Waals surface area contributed by atoms with Gasteiger partial charge in [-0.1, -0.05) is 19.1 Å². The van der Waals surface area contributed by atoms with Crippen molar-refractivity contribution in [3.8, 4) is 0 Å². The van der Waals surface area contributed by atoms with Gasteiger partial charge in [-0.05, 0) is 24.3 Å². The van der Waals surface area contributed by atoms with E-state index in [0.29, 0.717) is 0 Å². The van der Waals surface area contributed by atoms with Gasteiger partial charge in [0.25, 0.3) is 0 Å². The van der Waals surface area contributed by atoms with Crippen LogP contribution in [0.1, 0.15) is 13.3 Å². The molecule has 0 amide bonds. The Morgan fingerprint density at radius 1 is 1.25 bits per heavy atom. The molecule has 3 heteroatoms. The topological polar surface area (TPSA) is 19.9 Å². The minimum absolute atomic E-state index is 1.18. The van der Waals surface area contributed by atoms with Gasteiger partial charge in [0.2, 0.25) is 0 Å². The molecule has 1 aliphatic heterocycles. The summed E-state index contributed by atoms with van der Waals surface area (Å²) in [6.45, 7) is 7.07. The first-order valence-electron chi connectivity index (χ1n) is 6.20. The van der Waals surface area contributed by atoms with E-state index in [-0.39, 0.29) is 0 Å². The third-order valence-corrected chi connectivity index (χ3v) is 4.14. The molecule has 1 saturated heterocycles. The molecule has 1 fully saturated rings. The second kappa shape index (κ2) is 6.16. The van der Waals surface area contributed by atoms with E-state index in [2.05, 4.69) is 41.4 Å². The number of thioether (sulfide) groups is 1. The van der Waals surface area contributed by atoms with Crippen LogP contribution in [-0.2, 0) is 0 Å². The molecule has 0 bridgehead atoms. The minimum Gasteiger partial charge on any atom is -0.359 e. The first-order valence-corrected chi connectivity index (χ1v) is 7.19. The first kappa shape index (κ1) is 11.8. The molecule has 0 spiro atoms. The Balaban J connectivity index is 2.11. The van der Waals surface area contributed by atoms with Crippen LogP contribution in [0.3, 0.4) is 0 Å². The normalized spacial score (nSPS) is 16.4. The fourth-order valence-corrected chi connectivity index (χ4v) is 2.99. The van der Waals surface area contributed by atoms with E-state index in [1.54, 1.807) is 0 Å². The van der Waals surface area contributed by atoms with E-state index in [9.17, 15) is 0 Å². The van der Waals surface area contributed by atoms with Gasteiger partial charge in [0.15, 0.2) is 0 Å². The van der Waals surface area contributed by atoms with Crippen molar-refractivity contribution >= 4 is 17.4 Å². The summed E-state index contributed by atoms with van der Waals surface area (Å²) in [6, 6.07) is 8.83. The number of nitrogens with zero attached hydrogens (tertiary/aromatic N) is 1. The average Bonchev–Trinajstić information content (AvgIpc) is 2.38. The van der Waals surface area contributed by atoms with Crippen LogP contribution in [0.2, 0.25) is 0 Å². The molecule has 0 radical (unpaired) electrons. The van der Waals surface area contributed by atoms with E-state index in [0.717, 1.165) is 0 Å². The summed E-state index contributed by atoms with van der Waals surface area (Å²) < 4.78 is 0. The van der Waals surface area contributed by atoms with Crippen molar-refractivity contribution in [2.45, 2.75) is 18.2 Å². The number of anilines is 1. The zero-order valence-corrected chi connectivity index (χ0v) is 10.8. The van der Waals surface area contributed by atoms with Crippen molar-refractivity contribution in [2.75, 3.05) is 36.8 Å². The van der Waals surface area contributed by atoms with Gasteiger partial charge in [-0.3, -0.25) is 0 Å². The Morgan fingerprint density at radius 2 is 2.00 bits per heavy atom. The molecule has 16 heavy (non-hydrogen) atoms. The van der Waals surface area contributed by atoms with Crippen molar-refractivity contribution in [2.24, 2.45) is 0 Å². The molecule has 0 atom stereocenters. The van der Waals surface area contributed by atoms with Crippen LogP contribution in [0.25, 0.3) is 0 Å². The van der Waals surface area contributed by atoms with Crippen LogP contribution in [0.4, 0.5) is 5.69 Å². The molecule has 1 aliphatic rings. The molecule has 2 N–H and O–H groups in total. The smallest absolute Gasteiger partial charge is 0.0934 e. The zero-order valence-electron chi connectivity index (χ0n) is 9.98. The van der Waals surface area contributed by atoms with E-state index < -0.39 is 0 Å². The van der Waals surface area contributed by atoms with Crippen molar-refractivity contribution in [3.63, 3.8) is 0 Å². The Kier molecular flexibility index (Phi) is 4.55. The summed E-state index contributed by atoms with van der Waals surface area (Å²) in [5, 5.41) is 2.40. The summed E-state index contributed by atoms with van der Waals surface area (Å²) >= 11 is 1.99. The molecule has 0 saturated carbocycles. The highest BCUT2D eigenvalue weighted by molar-refractivity contribution is 7.99. The Bertz CT molecular complexity index is 321. The number of para-hydroxylation sites is 1. The molecule has 0 aromatic heterocycles. The van der Waals surface area contributed by atoms with E-state index in [1.807, 2.05) is 11.8 Å². The average molecular weight is 237 g/mol. The van der Waals surface area contributed by atoms with Crippen LogP contribution < -0.4 is 10.2 Å². The molecule has 0 unspecified atom stereocenters. The standard InChI is InChI=1S/C13H20N2S/c1-2-11-16-13-6-4-3-5-12(13)15-9-7-14-8-10-15/h3-6,14H,2,7-11H2,1H3/p+1. The van der Waals surface area contributed by atoms with Crippen LogP contribution in [0, 0.1) is 0 Å². The number of hydrogen-bond donors (Lipinski definition) is 1. The Morgan fingerprint density at radius 3 is 2.75 bits per heavy atom. The predicted molar refractivity (Wildman–Crippen MR) is 71.3 cm³/mol. The lowest BCUT2D eigenvalue weighted by molar-refractivity contribution is -0.655. The summed E-state index contributed by atoms with van der Waals surface area (Å²) in [5.74, 6) is 1.22. The van der Waals surface area contributed by atoms with Gasteiger partial charge in [-0.25, -0.2) is 0 Å². The Hall–Kier alpha value is -0.670. The summed E-state index contributed by atoms with van der Waals surface area (Å²) in [5.41, 5.74) is 1.44. The summed E-state index contributed by atoms with van der Waals surface area (Å²) in [4.78, 5) is 3.98. The second-order valence-electron chi connectivity index (χ2n) is 4.17. The van der Waals surface area contributed by atoms with Gasteiger partial charge < -0.3 is 10.2 Å². The zero-order chi connectivity index (χ0) is 11.2. The van der Waals surface area contributed by atoms with Crippen molar-refractivity contribution in [3.05, 3.63) is 24.3 Å². The van der Waals surface area contributed by atoms with Gasteiger partial charge in [0.1, 0.15) is 0 Å². The SMILES string of the molecule is CCCSc1ccccc1N1CC[NH2+]CC1. The highest BCUT2D eigenvalue weighted by Crippen LogP contribution is 2.30. The highest BCUT2D eigenvalue weighted by atomic mass is 32.2. The van der Waals surface area contributed by atoms with Gasteiger partial charge in [0.05, 0.1) is 31.9 Å². The van der Waals surface area contributed by atoms with Gasteiger partial charge >= 0.3 is 0 Å². The Labute approximate surface area is 102 Å². The molecule has 2 nitrogen and oxygen atoms in total. The molecular formula is C13H21N2S+. The summed E-state index contributed by atoms with van der Waals surface area (Å²) in [6.07, 6.45) is 1.24. The summed E-state index contributed by atoms with van der Waals surface area (Å²) in [7, 11) is 0.